The second-order valence-corrected chi connectivity index (χ2v) is 12.3. The predicted octanol–water partition coefficient (Wildman–Crippen LogP) is 8.22. The predicted molar refractivity (Wildman–Crippen MR) is 178 cm³/mol. The van der Waals surface area contributed by atoms with Gasteiger partial charge in [0.15, 0.2) is 0 Å². The minimum atomic E-state index is -0.880. The summed E-state index contributed by atoms with van der Waals surface area (Å²) < 4.78 is 5.80. The highest BCUT2D eigenvalue weighted by Crippen LogP contribution is 2.42. The van der Waals surface area contributed by atoms with Crippen LogP contribution in [0.25, 0.3) is 38.8 Å². The summed E-state index contributed by atoms with van der Waals surface area (Å²) in [5.74, 6) is -1.91. The van der Waals surface area contributed by atoms with Crippen LogP contribution >= 0.6 is 0 Å². The number of methoxy groups -OCH3 is 1. The van der Waals surface area contributed by atoms with Crippen LogP contribution in [-0.2, 0) is 14.3 Å². The number of aliphatic carboxylic acids is 2. The number of H-pyrrole nitrogens is 2. The van der Waals surface area contributed by atoms with Crippen LogP contribution in [0.5, 0.6) is 0 Å². The highest BCUT2D eigenvalue weighted by atomic mass is 16.5. The molecule has 0 fully saturated rings. The van der Waals surface area contributed by atoms with Crippen molar-refractivity contribution in [3.05, 3.63) is 75.9 Å². The fourth-order valence-corrected chi connectivity index (χ4v) is 6.77. The van der Waals surface area contributed by atoms with E-state index in [0.29, 0.717) is 18.5 Å². The van der Waals surface area contributed by atoms with Crippen LogP contribution in [0.1, 0.15) is 116 Å². The second-order valence-electron chi connectivity index (χ2n) is 12.3. The lowest BCUT2D eigenvalue weighted by atomic mass is 9.87. The largest absolute Gasteiger partial charge is 0.481 e. The molecule has 3 aromatic heterocycles. The lowest BCUT2D eigenvalue weighted by Crippen LogP contribution is -2.06. The van der Waals surface area contributed by atoms with E-state index in [0.717, 1.165) is 78.1 Å². The number of nitrogens with zero attached hydrogens (tertiary/aromatic N) is 2. The van der Waals surface area contributed by atoms with E-state index >= 15 is 0 Å². The number of hydrogen-bond donors (Lipinski definition) is 4. The smallest absolute Gasteiger partial charge is 0.303 e. The summed E-state index contributed by atoms with van der Waals surface area (Å²) in [4.78, 5) is 40.6. The number of allylic oxidation sites excluding steroid dienone is 3. The Balaban J connectivity index is 1.93. The third-order valence-electron chi connectivity index (χ3n) is 9.37. The Morgan fingerprint density at radius 2 is 1.58 bits per heavy atom. The van der Waals surface area contributed by atoms with Gasteiger partial charge in [-0.05, 0) is 99.6 Å². The van der Waals surface area contributed by atoms with Crippen molar-refractivity contribution < 1.29 is 24.5 Å². The Kier molecular flexibility index (Phi) is 8.85. The highest BCUT2D eigenvalue weighted by Gasteiger charge is 2.30. The average Bonchev–Trinajstić information content (AvgIpc) is 3.63. The van der Waals surface area contributed by atoms with E-state index in [1.54, 1.807) is 7.11 Å². The fraction of sp³-hybridized carbons (Fsp3) is 0.389. The molecule has 0 radical (unpaired) electrons. The number of aromatic nitrogens is 4. The van der Waals surface area contributed by atoms with Crippen molar-refractivity contribution in [1.82, 2.24) is 19.9 Å². The number of carboxylic acid groups (broad SMARTS) is 2. The van der Waals surface area contributed by atoms with Crippen LogP contribution in [0.3, 0.4) is 0 Å². The van der Waals surface area contributed by atoms with Gasteiger partial charge in [0.05, 0.1) is 17.5 Å². The maximum atomic E-state index is 11.6. The number of hydrogen-bond acceptors (Lipinski definition) is 5. The Bertz CT molecular complexity index is 1910. The third kappa shape index (κ3) is 6.09. The molecule has 3 aromatic rings. The average molecular weight is 611 g/mol. The number of aryl methyl sites for hydroxylation is 2. The van der Waals surface area contributed by atoms with E-state index in [2.05, 4.69) is 49.5 Å². The van der Waals surface area contributed by atoms with Gasteiger partial charge in [-0.15, -0.1) is 0 Å². The molecule has 45 heavy (non-hydrogen) atoms. The van der Waals surface area contributed by atoms with Crippen molar-refractivity contribution in [3.63, 3.8) is 0 Å². The SMILES string of the molecule is C=C(C)c1c(C)c2cc3[nH]c(cc4nc(cc5nc(cc1[nH]2)C(C)=C5CCC(=O)O)C(CCC(=O)O)C4C)c(C)c3C(C)OC. The van der Waals surface area contributed by atoms with Gasteiger partial charge in [0.1, 0.15) is 0 Å². The molecule has 8 bridgehead atoms. The zero-order chi connectivity index (χ0) is 32.7. The number of carbonyl (C=O) groups is 2. The molecule has 0 aromatic carbocycles. The van der Waals surface area contributed by atoms with Gasteiger partial charge in [-0.2, -0.15) is 0 Å². The third-order valence-corrected chi connectivity index (χ3v) is 9.37. The first-order chi connectivity index (χ1) is 21.3. The molecule has 2 aliphatic heterocycles. The molecule has 0 saturated carbocycles. The van der Waals surface area contributed by atoms with Crippen molar-refractivity contribution in [2.75, 3.05) is 7.11 Å². The molecule has 0 spiro atoms. The van der Waals surface area contributed by atoms with E-state index in [1.807, 2.05) is 32.9 Å². The fourth-order valence-electron chi connectivity index (χ4n) is 6.77. The monoisotopic (exact) mass is 610 g/mol. The first kappa shape index (κ1) is 31.9. The molecule has 4 N–H and O–H groups in total. The highest BCUT2D eigenvalue weighted by molar-refractivity contribution is 5.94. The van der Waals surface area contributed by atoms with Gasteiger partial charge in [-0.3, -0.25) is 14.6 Å². The van der Waals surface area contributed by atoms with Crippen molar-refractivity contribution in [3.8, 4) is 0 Å². The van der Waals surface area contributed by atoms with Crippen LogP contribution in [0.15, 0.2) is 30.8 Å². The van der Waals surface area contributed by atoms with E-state index in [-0.39, 0.29) is 30.8 Å². The summed E-state index contributed by atoms with van der Waals surface area (Å²) in [5, 5.41) is 19.0. The summed E-state index contributed by atoms with van der Waals surface area (Å²) in [5.41, 5.74) is 13.5. The second kappa shape index (κ2) is 12.5. The van der Waals surface area contributed by atoms with E-state index in [4.69, 9.17) is 14.7 Å². The molecule has 236 valence electrons. The van der Waals surface area contributed by atoms with E-state index < -0.39 is 11.9 Å². The summed E-state index contributed by atoms with van der Waals surface area (Å²) in [6.07, 6.45) is 0.561. The number of ether oxygens (including phenoxy) is 1. The van der Waals surface area contributed by atoms with Crippen LogP contribution in [0.2, 0.25) is 0 Å². The Labute approximate surface area is 263 Å². The van der Waals surface area contributed by atoms with Gasteiger partial charge in [0.2, 0.25) is 0 Å². The topological polar surface area (TPSA) is 141 Å². The van der Waals surface area contributed by atoms with Crippen molar-refractivity contribution in [2.45, 2.75) is 85.2 Å². The Morgan fingerprint density at radius 1 is 0.911 bits per heavy atom. The number of fused-ring (bicyclic) bond motifs is 8. The zero-order valence-electron chi connectivity index (χ0n) is 27.1. The lowest BCUT2D eigenvalue weighted by molar-refractivity contribution is -0.138. The number of nitrogens with one attached hydrogen (secondary N) is 2. The van der Waals surface area contributed by atoms with Gasteiger partial charge in [0, 0.05) is 76.4 Å². The van der Waals surface area contributed by atoms with Crippen LogP contribution in [-0.4, -0.2) is 49.2 Å². The quantitative estimate of drug-likeness (QED) is 0.191. The van der Waals surface area contributed by atoms with Crippen LogP contribution in [0.4, 0.5) is 0 Å². The first-order valence-electron chi connectivity index (χ1n) is 15.4. The van der Waals surface area contributed by atoms with Gasteiger partial charge < -0.3 is 24.9 Å². The molecule has 9 nitrogen and oxygen atoms in total. The van der Waals surface area contributed by atoms with Gasteiger partial charge in [0.25, 0.3) is 0 Å². The van der Waals surface area contributed by atoms with Crippen molar-refractivity contribution >= 4 is 50.7 Å². The maximum absolute atomic E-state index is 11.6. The van der Waals surface area contributed by atoms with Crippen LogP contribution in [0, 0.1) is 13.8 Å². The molecule has 5 heterocycles. The molecule has 5 rings (SSSR count). The first-order valence-corrected chi connectivity index (χ1v) is 15.4. The van der Waals surface area contributed by atoms with Gasteiger partial charge >= 0.3 is 11.9 Å². The Hall–Kier alpha value is -4.50. The molecule has 2 aliphatic rings. The van der Waals surface area contributed by atoms with Gasteiger partial charge in [-0.25, -0.2) is 4.98 Å². The summed E-state index contributed by atoms with van der Waals surface area (Å²) in [6.45, 7) is 16.5. The summed E-state index contributed by atoms with van der Waals surface area (Å²) in [7, 11) is 1.70. The molecular formula is C36H42N4O5. The maximum Gasteiger partial charge on any atom is 0.303 e. The standard InChI is InChI=1S/C36H42N4O5/c1-17(2)35-20(5)28-15-32-36(22(7)45-8)21(6)27(40-32)13-25-18(3)23(9-11-33(41)42)29(37-25)16-30-24(10-12-34(43)44)19(4)26(38-30)14-31(35)39-28/h13-16,18,22-23,39-40H,1,9-12H2,2-8H3,(H,41,42)(H,43,44). The van der Waals surface area contributed by atoms with Gasteiger partial charge in [-0.1, -0.05) is 13.5 Å². The molecule has 9 heteroatoms. The summed E-state index contributed by atoms with van der Waals surface area (Å²) >= 11 is 0. The molecule has 0 amide bonds. The molecule has 3 atom stereocenters. The number of carboxylic acids is 2. The Morgan fingerprint density at radius 3 is 2.22 bits per heavy atom. The minimum Gasteiger partial charge on any atom is -0.481 e. The molecular weight excluding hydrogens is 568 g/mol. The lowest BCUT2D eigenvalue weighted by Gasteiger charge is -2.15. The number of aromatic amines is 2. The minimum absolute atomic E-state index is 0.0155. The number of rotatable bonds is 9. The molecule has 0 aliphatic carbocycles. The summed E-state index contributed by atoms with van der Waals surface area (Å²) in [6, 6.07) is 8.11. The van der Waals surface area contributed by atoms with E-state index in [9.17, 15) is 19.8 Å². The van der Waals surface area contributed by atoms with Crippen molar-refractivity contribution in [1.29, 1.82) is 0 Å². The normalized spacial score (nSPS) is 17.0. The van der Waals surface area contributed by atoms with E-state index in [1.165, 1.54) is 0 Å². The molecule has 0 saturated heterocycles. The zero-order valence-corrected chi connectivity index (χ0v) is 27.1. The molecule has 3 unspecified atom stereocenters. The van der Waals surface area contributed by atoms with Crippen molar-refractivity contribution in [2.24, 2.45) is 0 Å². The van der Waals surface area contributed by atoms with Crippen LogP contribution < -0.4 is 0 Å².